The van der Waals surface area contributed by atoms with Crippen molar-refractivity contribution in [1.82, 2.24) is 0 Å². The van der Waals surface area contributed by atoms with Gasteiger partial charge in [-0.25, -0.2) is 4.79 Å². The summed E-state index contributed by atoms with van der Waals surface area (Å²) in [5.74, 6) is -0.652. The average Bonchev–Trinajstić information content (AvgIpc) is 2.69. The van der Waals surface area contributed by atoms with Gasteiger partial charge in [0.2, 0.25) is 0 Å². The van der Waals surface area contributed by atoms with Gasteiger partial charge < -0.3 is 4.74 Å². The number of esters is 1. The molecule has 0 amide bonds. The second-order valence-corrected chi connectivity index (χ2v) is 5.89. The number of hydrogen-bond donors (Lipinski definition) is 0. The Morgan fingerprint density at radius 1 is 1.15 bits per heavy atom. The molecule has 5 heteroatoms. The molecule has 3 rings (SSSR count). The Morgan fingerprint density at radius 2 is 1.85 bits per heavy atom. The van der Waals surface area contributed by atoms with Crippen LogP contribution in [0.3, 0.4) is 0 Å². The van der Waals surface area contributed by atoms with Crippen LogP contribution >= 0.6 is 34.2 Å². The normalized spacial score (nSPS) is 25.2. The van der Waals surface area contributed by atoms with Crippen molar-refractivity contribution in [2.24, 2.45) is 0 Å². The van der Waals surface area contributed by atoms with Gasteiger partial charge in [-0.05, 0) is 40.3 Å². The molecule has 1 heterocycles. The first-order chi connectivity index (χ1) is 9.54. The van der Waals surface area contributed by atoms with E-state index in [1.54, 1.807) is 6.08 Å². The first-order valence-electron chi connectivity index (χ1n) is 5.84. The Balaban J connectivity index is 2.23. The van der Waals surface area contributed by atoms with Crippen LogP contribution in [0.1, 0.15) is 5.56 Å². The van der Waals surface area contributed by atoms with Crippen molar-refractivity contribution < 1.29 is 14.3 Å². The van der Waals surface area contributed by atoms with Crippen molar-refractivity contribution in [3.05, 3.63) is 62.7 Å². The van der Waals surface area contributed by atoms with Crippen molar-refractivity contribution in [3.8, 4) is 0 Å². The van der Waals surface area contributed by atoms with Gasteiger partial charge in [0.15, 0.2) is 11.4 Å². The lowest BCUT2D eigenvalue weighted by Crippen LogP contribution is -2.32. The molecule has 2 aliphatic rings. The second-order valence-electron chi connectivity index (χ2n) is 4.41. The van der Waals surface area contributed by atoms with Gasteiger partial charge in [0.05, 0.1) is 5.03 Å². The summed E-state index contributed by atoms with van der Waals surface area (Å²) in [5, 5.41) is 0.198. The minimum absolute atomic E-state index is 0.198. The van der Waals surface area contributed by atoms with Crippen LogP contribution in [-0.4, -0.2) is 17.4 Å². The topological polar surface area (TPSA) is 43.4 Å². The first-order valence-corrected chi connectivity index (χ1v) is 7.30. The first kappa shape index (κ1) is 13.6. The van der Waals surface area contributed by atoms with Crippen LogP contribution in [-0.2, 0) is 14.3 Å². The van der Waals surface area contributed by atoms with E-state index in [-0.39, 0.29) is 10.8 Å². The number of ketones is 1. The monoisotopic (exact) mass is 398 g/mol. The molecule has 3 nitrogen and oxygen atoms in total. The van der Waals surface area contributed by atoms with Gasteiger partial charge in [-0.15, -0.1) is 0 Å². The molecule has 1 unspecified atom stereocenters. The third-order valence-electron chi connectivity index (χ3n) is 3.19. The Bertz CT molecular complexity index is 703. The highest BCUT2D eigenvalue weighted by Gasteiger charge is 2.49. The number of carbonyl (C=O) groups is 2. The largest absolute Gasteiger partial charge is 0.440 e. The molecular formula is C15H8ClIO3. The van der Waals surface area contributed by atoms with E-state index >= 15 is 0 Å². The third-order valence-corrected chi connectivity index (χ3v) is 4.56. The highest BCUT2D eigenvalue weighted by atomic mass is 127. The number of carbonyl (C=O) groups excluding carboxylic acids is 2. The molecule has 0 fully saturated rings. The number of allylic oxidation sites excluding steroid dienone is 2. The zero-order chi connectivity index (χ0) is 14.3. The van der Waals surface area contributed by atoms with Crippen LogP contribution < -0.4 is 0 Å². The van der Waals surface area contributed by atoms with Gasteiger partial charge in [-0.1, -0.05) is 41.9 Å². The van der Waals surface area contributed by atoms with E-state index in [0.717, 1.165) is 5.56 Å². The maximum absolute atomic E-state index is 12.0. The van der Waals surface area contributed by atoms with E-state index in [4.69, 9.17) is 16.3 Å². The number of benzene rings is 1. The number of rotatable bonds is 1. The molecule has 0 saturated heterocycles. The smallest absolute Gasteiger partial charge is 0.346 e. The molecule has 0 radical (unpaired) electrons. The van der Waals surface area contributed by atoms with Gasteiger partial charge in [0, 0.05) is 11.6 Å². The predicted octanol–water partition coefficient (Wildman–Crippen LogP) is 3.39. The minimum atomic E-state index is -1.18. The van der Waals surface area contributed by atoms with Gasteiger partial charge in [0.1, 0.15) is 3.58 Å². The summed E-state index contributed by atoms with van der Waals surface area (Å²) in [5.41, 5.74) is 0.340. The fourth-order valence-electron chi connectivity index (χ4n) is 2.30. The van der Waals surface area contributed by atoms with Gasteiger partial charge in [-0.2, -0.15) is 0 Å². The molecule has 0 aromatic heterocycles. The highest BCUT2D eigenvalue weighted by molar-refractivity contribution is 14.1. The van der Waals surface area contributed by atoms with Crippen LogP contribution in [0, 0.1) is 0 Å². The third kappa shape index (κ3) is 1.94. The second kappa shape index (κ2) is 4.86. The summed E-state index contributed by atoms with van der Waals surface area (Å²) in [6.07, 6.45) is 4.20. The minimum Gasteiger partial charge on any atom is -0.440 e. The Morgan fingerprint density at radius 3 is 2.50 bits per heavy atom. The SMILES string of the molecule is O=C1C=CC2(OC(=O)C(I)=C2c2ccccc2)C(Cl)=C1. The molecule has 1 spiro atoms. The quantitative estimate of drug-likeness (QED) is 0.538. The van der Waals surface area contributed by atoms with E-state index in [1.807, 2.05) is 52.9 Å². The van der Waals surface area contributed by atoms with Gasteiger partial charge in [0.25, 0.3) is 0 Å². The Labute approximate surface area is 134 Å². The molecule has 100 valence electrons. The Hall–Kier alpha value is -1.40. The van der Waals surface area contributed by atoms with E-state index in [2.05, 4.69) is 0 Å². The van der Waals surface area contributed by atoms with E-state index < -0.39 is 11.6 Å². The molecule has 0 saturated carbocycles. The van der Waals surface area contributed by atoms with Crippen molar-refractivity contribution >= 4 is 51.5 Å². The number of halogens is 2. The predicted molar refractivity (Wildman–Crippen MR) is 84.3 cm³/mol. The summed E-state index contributed by atoms with van der Waals surface area (Å²) in [6, 6.07) is 9.40. The molecule has 1 aliphatic heterocycles. The van der Waals surface area contributed by atoms with Crippen LogP contribution in [0.5, 0.6) is 0 Å². The van der Waals surface area contributed by atoms with Crippen LogP contribution in [0.25, 0.3) is 5.57 Å². The number of hydrogen-bond acceptors (Lipinski definition) is 3. The van der Waals surface area contributed by atoms with E-state index in [0.29, 0.717) is 9.15 Å². The molecule has 1 aromatic carbocycles. The maximum atomic E-state index is 12.0. The maximum Gasteiger partial charge on any atom is 0.346 e. The summed E-state index contributed by atoms with van der Waals surface area (Å²) < 4.78 is 5.94. The lowest BCUT2D eigenvalue weighted by Gasteiger charge is -2.29. The highest BCUT2D eigenvalue weighted by Crippen LogP contribution is 2.49. The van der Waals surface area contributed by atoms with Crippen molar-refractivity contribution in [3.63, 3.8) is 0 Å². The van der Waals surface area contributed by atoms with Crippen LogP contribution in [0.4, 0.5) is 0 Å². The standard InChI is InChI=1S/C15H8ClIO3/c16-11-8-10(18)6-7-15(11)12(13(17)14(19)20-15)9-4-2-1-3-5-9/h1-8H. The lowest BCUT2D eigenvalue weighted by atomic mass is 9.85. The fraction of sp³-hybridized carbons (Fsp3) is 0.0667. The molecule has 1 aromatic rings. The summed E-state index contributed by atoms with van der Waals surface area (Å²) in [4.78, 5) is 23.4. The van der Waals surface area contributed by atoms with Gasteiger partial charge in [-0.3, -0.25) is 4.79 Å². The lowest BCUT2D eigenvalue weighted by molar-refractivity contribution is -0.140. The molecule has 1 aliphatic carbocycles. The van der Waals surface area contributed by atoms with Crippen molar-refractivity contribution in [2.75, 3.05) is 0 Å². The fourth-order valence-corrected chi connectivity index (χ4v) is 3.42. The average molecular weight is 399 g/mol. The molecule has 0 N–H and O–H groups in total. The summed E-state index contributed by atoms with van der Waals surface area (Å²) >= 11 is 8.18. The van der Waals surface area contributed by atoms with E-state index in [1.165, 1.54) is 12.2 Å². The summed E-state index contributed by atoms with van der Waals surface area (Å²) in [6.45, 7) is 0. The zero-order valence-electron chi connectivity index (χ0n) is 10.1. The van der Waals surface area contributed by atoms with Gasteiger partial charge >= 0.3 is 5.97 Å². The summed E-state index contributed by atoms with van der Waals surface area (Å²) in [7, 11) is 0. The zero-order valence-corrected chi connectivity index (χ0v) is 13.0. The van der Waals surface area contributed by atoms with E-state index in [9.17, 15) is 9.59 Å². The molecular weight excluding hydrogens is 391 g/mol. The molecule has 1 atom stereocenters. The molecule has 20 heavy (non-hydrogen) atoms. The molecule has 0 bridgehead atoms. The Kier molecular flexibility index (Phi) is 3.30. The van der Waals surface area contributed by atoms with Crippen molar-refractivity contribution in [1.29, 1.82) is 0 Å². The van der Waals surface area contributed by atoms with Crippen LogP contribution in [0.2, 0.25) is 0 Å². The van der Waals surface area contributed by atoms with Crippen LogP contribution in [0.15, 0.2) is 57.2 Å². The number of ether oxygens (including phenoxy) is 1. The van der Waals surface area contributed by atoms with Crippen molar-refractivity contribution in [2.45, 2.75) is 5.60 Å².